The first-order valence-corrected chi connectivity index (χ1v) is 5.73. The van der Waals surface area contributed by atoms with Crippen LogP contribution in [0, 0.1) is 0 Å². The number of benzene rings is 1. The normalized spacial score (nSPS) is 11.9. The van der Waals surface area contributed by atoms with Gasteiger partial charge in [0.2, 0.25) is 0 Å². The van der Waals surface area contributed by atoms with Crippen LogP contribution in [-0.2, 0) is 14.3 Å². The van der Waals surface area contributed by atoms with Crippen molar-refractivity contribution < 1.29 is 12.6 Å². The Morgan fingerprint density at radius 2 is 1.53 bits per heavy atom. The first-order valence-electron chi connectivity index (χ1n) is 4.32. The Labute approximate surface area is 134 Å². The van der Waals surface area contributed by atoms with Gasteiger partial charge in [-0.05, 0) is 32.9 Å². The van der Waals surface area contributed by atoms with E-state index >= 15 is 0 Å². The molecule has 0 saturated carbocycles. The topological polar surface area (TPSA) is 43.4 Å². The Hall–Kier alpha value is 0.766. The summed E-state index contributed by atoms with van der Waals surface area (Å²) in [6.45, 7) is 5.11. The van der Waals surface area contributed by atoms with Gasteiger partial charge < -0.3 is 0 Å². The molecule has 0 N–H and O–H groups in total. The molecular weight excluding hydrogens is 239 g/mol. The van der Waals surface area contributed by atoms with Crippen molar-refractivity contribution in [3.05, 3.63) is 30.3 Å². The summed E-state index contributed by atoms with van der Waals surface area (Å²) in [4.78, 5) is 0.190. The third-order valence-electron chi connectivity index (χ3n) is 1.39. The monoisotopic (exact) mass is 254 g/mol. The average molecular weight is 254 g/mol. The number of rotatable bonds is 2. The Kier molecular flexibility index (Phi) is 6.21. The first kappa shape index (κ1) is 15.8. The molecule has 0 spiro atoms. The van der Waals surface area contributed by atoms with Crippen molar-refractivity contribution in [3.63, 3.8) is 0 Å². The Balaban J connectivity index is 0.00000196. The average Bonchev–Trinajstić information content (AvgIpc) is 2.01. The van der Waals surface area contributed by atoms with Crippen molar-refractivity contribution in [1.82, 2.24) is 0 Å². The van der Waals surface area contributed by atoms with Crippen molar-refractivity contribution in [1.29, 1.82) is 0 Å². The predicted molar refractivity (Wildman–Crippen MR) is 61.6 cm³/mol. The molecule has 3 nitrogen and oxygen atoms in total. The van der Waals surface area contributed by atoms with Gasteiger partial charge in [-0.1, -0.05) is 18.2 Å². The van der Waals surface area contributed by atoms with Crippen LogP contribution in [0.1, 0.15) is 20.8 Å². The quantitative estimate of drug-likeness (QED) is 0.594. The Morgan fingerprint density at radius 1 is 1.07 bits per heavy atom. The second-order valence-electron chi connectivity index (χ2n) is 3.96. The van der Waals surface area contributed by atoms with E-state index in [-0.39, 0.29) is 56.3 Å². The third kappa shape index (κ3) is 5.58. The molecule has 0 unspecified atom stereocenters. The maximum absolute atomic E-state index is 11.6. The molecule has 0 aromatic heterocycles. The van der Waals surface area contributed by atoms with Crippen molar-refractivity contribution >= 4 is 61.5 Å². The molecule has 1 aromatic carbocycles. The summed E-state index contributed by atoms with van der Waals surface area (Å²) in [6.07, 6.45) is 0. The van der Waals surface area contributed by atoms with E-state index in [1.54, 1.807) is 39.0 Å². The summed E-state index contributed by atoms with van der Waals surface area (Å²) < 4.78 is 28.2. The van der Waals surface area contributed by atoms with Crippen LogP contribution in [0.15, 0.2) is 35.2 Å². The van der Waals surface area contributed by atoms with E-state index in [1.807, 2.05) is 0 Å². The molecule has 1 rings (SSSR count). The van der Waals surface area contributed by atoms with Gasteiger partial charge in [0.15, 0.2) is 0 Å². The Bertz CT molecular complexity index is 392. The first-order chi connectivity index (χ1) is 6.31. The summed E-state index contributed by atoms with van der Waals surface area (Å²) >= 11 is 0. The van der Waals surface area contributed by atoms with E-state index in [0.717, 1.165) is 0 Å². The zero-order chi connectivity index (χ0) is 10.8. The van der Waals surface area contributed by atoms with Crippen LogP contribution < -0.4 is 0 Å². The van der Waals surface area contributed by atoms with Gasteiger partial charge in [0.1, 0.15) is 0 Å². The molecule has 0 fully saturated rings. The fourth-order valence-electron chi connectivity index (χ4n) is 0.964. The predicted octanol–water partition coefficient (Wildman–Crippen LogP) is 1.54. The van der Waals surface area contributed by atoms with Crippen molar-refractivity contribution in [2.75, 3.05) is 0 Å². The summed E-state index contributed by atoms with van der Waals surface area (Å²) in [6, 6.07) is 8.12. The van der Waals surface area contributed by atoms with Crippen LogP contribution in [0.4, 0.5) is 0 Å². The van der Waals surface area contributed by atoms with Gasteiger partial charge in [0, 0.05) is 0 Å². The molecule has 0 aliphatic heterocycles. The van der Waals surface area contributed by atoms with E-state index < -0.39 is 15.7 Å². The minimum atomic E-state index is -3.62. The molecule has 0 amide bonds. The molecule has 0 bridgehead atoms. The standard InChI is InChI=1S/C10H14O3S.K.H/c1-10(2,3)13-14(11,12)9-7-5-4-6-8-9;;/h4-8H,1-3H3;;. The van der Waals surface area contributed by atoms with Gasteiger partial charge >= 0.3 is 51.4 Å². The second kappa shape index (κ2) is 5.91. The summed E-state index contributed by atoms with van der Waals surface area (Å²) in [5.41, 5.74) is -0.700. The number of hydrogen-bond donors (Lipinski definition) is 0. The van der Waals surface area contributed by atoms with Crippen LogP contribution in [0.2, 0.25) is 0 Å². The van der Waals surface area contributed by atoms with Crippen LogP contribution in [-0.4, -0.2) is 65.4 Å². The van der Waals surface area contributed by atoms with Gasteiger partial charge in [-0.25, -0.2) is 0 Å². The molecule has 80 valence electrons. The minimum absolute atomic E-state index is 0. The summed E-state index contributed by atoms with van der Waals surface area (Å²) in [7, 11) is -3.62. The zero-order valence-electron chi connectivity index (χ0n) is 8.52. The van der Waals surface area contributed by atoms with Crippen molar-refractivity contribution in [2.24, 2.45) is 0 Å². The molecule has 0 radical (unpaired) electrons. The van der Waals surface area contributed by atoms with Gasteiger partial charge in [-0.15, -0.1) is 0 Å². The van der Waals surface area contributed by atoms with Crippen LogP contribution >= 0.6 is 0 Å². The molecular formula is C10H15KO3S. The second-order valence-corrected chi connectivity index (χ2v) is 5.51. The van der Waals surface area contributed by atoms with Gasteiger partial charge in [0.25, 0.3) is 10.1 Å². The molecule has 0 aliphatic carbocycles. The molecule has 0 heterocycles. The van der Waals surface area contributed by atoms with E-state index in [9.17, 15) is 8.42 Å². The van der Waals surface area contributed by atoms with Gasteiger partial charge in [0.05, 0.1) is 10.5 Å². The van der Waals surface area contributed by atoms with Crippen molar-refractivity contribution in [2.45, 2.75) is 31.3 Å². The fraction of sp³-hybridized carbons (Fsp3) is 0.400. The molecule has 15 heavy (non-hydrogen) atoms. The van der Waals surface area contributed by atoms with Gasteiger partial charge in [-0.2, -0.15) is 8.42 Å². The number of hydrogen-bond acceptors (Lipinski definition) is 3. The fourth-order valence-corrected chi connectivity index (χ4v) is 2.21. The van der Waals surface area contributed by atoms with E-state index in [4.69, 9.17) is 4.18 Å². The summed E-state index contributed by atoms with van der Waals surface area (Å²) in [5, 5.41) is 0. The molecule has 0 saturated heterocycles. The molecule has 0 atom stereocenters. The SMILES string of the molecule is CC(C)(C)OS(=O)(=O)c1ccccc1.[KH]. The molecule has 1 aromatic rings. The van der Waals surface area contributed by atoms with E-state index in [2.05, 4.69) is 0 Å². The third-order valence-corrected chi connectivity index (χ3v) is 2.96. The van der Waals surface area contributed by atoms with Gasteiger partial charge in [-0.3, -0.25) is 4.18 Å². The molecule has 0 aliphatic rings. The van der Waals surface area contributed by atoms with Crippen LogP contribution in [0.25, 0.3) is 0 Å². The van der Waals surface area contributed by atoms with Crippen molar-refractivity contribution in [3.8, 4) is 0 Å². The maximum atomic E-state index is 11.6. The van der Waals surface area contributed by atoms with Crippen LogP contribution in [0.3, 0.4) is 0 Å². The molecule has 5 heteroatoms. The van der Waals surface area contributed by atoms with Crippen LogP contribution in [0.5, 0.6) is 0 Å². The van der Waals surface area contributed by atoms with E-state index in [0.29, 0.717) is 0 Å². The zero-order valence-corrected chi connectivity index (χ0v) is 9.34. The Morgan fingerprint density at radius 3 is 1.93 bits per heavy atom. The summed E-state index contributed by atoms with van der Waals surface area (Å²) in [5.74, 6) is 0. The van der Waals surface area contributed by atoms with E-state index in [1.165, 1.54) is 12.1 Å².